The van der Waals surface area contributed by atoms with Crippen molar-refractivity contribution in [1.82, 2.24) is 4.90 Å². The molecule has 1 aromatic rings. The molecule has 1 aliphatic heterocycles. The second-order valence-corrected chi connectivity index (χ2v) is 7.58. The molecule has 1 amide bonds. The average Bonchev–Trinajstić information content (AvgIpc) is 2.63. The molecule has 0 aromatic heterocycles. The van der Waals surface area contributed by atoms with E-state index in [0.29, 0.717) is 5.88 Å². The Morgan fingerprint density at radius 2 is 1.89 bits per heavy atom. The van der Waals surface area contributed by atoms with Crippen LogP contribution in [0.15, 0.2) is 30.3 Å². The van der Waals surface area contributed by atoms with Gasteiger partial charge in [-0.1, -0.05) is 51.1 Å². The summed E-state index contributed by atoms with van der Waals surface area (Å²) in [6.45, 7) is 8.50. The summed E-state index contributed by atoms with van der Waals surface area (Å²) in [4.78, 5) is 13.8. The summed E-state index contributed by atoms with van der Waals surface area (Å²) in [6, 6.07) is 10.0. The van der Waals surface area contributed by atoms with E-state index in [1.165, 1.54) is 0 Å². The molecule has 19 heavy (non-hydrogen) atoms. The molecule has 0 aliphatic carbocycles. The Labute approximate surface area is 119 Å². The summed E-state index contributed by atoms with van der Waals surface area (Å²) in [5.74, 6) is 0.673. The zero-order valence-corrected chi connectivity index (χ0v) is 12.7. The molecule has 2 atom stereocenters. The van der Waals surface area contributed by atoms with Gasteiger partial charge in [-0.25, -0.2) is 4.79 Å². The molecule has 1 heterocycles. The van der Waals surface area contributed by atoms with Crippen LogP contribution in [0.3, 0.4) is 0 Å². The van der Waals surface area contributed by atoms with Crippen LogP contribution in [0.25, 0.3) is 0 Å². The largest absolute Gasteiger partial charge is 0.439 e. The minimum Gasteiger partial charge on any atom is -0.439 e. The fourth-order valence-corrected chi connectivity index (χ4v) is 2.89. The SMILES string of the molecule is C[C@H]1[C@@H](c2ccccc2)OC(=O)N1CSC(C)(C)C. The van der Waals surface area contributed by atoms with E-state index < -0.39 is 0 Å². The molecule has 0 saturated carbocycles. The molecule has 1 aromatic carbocycles. The van der Waals surface area contributed by atoms with Gasteiger partial charge >= 0.3 is 6.09 Å². The second kappa shape index (κ2) is 5.45. The van der Waals surface area contributed by atoms with Crippen LogP contribution in [0.2, 0.25) is 0 Å². The van der Waals surface area contributed by atoms with Gasteiger partial charge in [0.25, 0.3) is 0 Å². The highest BCUT2D eigenvalue weighted by Crippen LogP contribution is 2.35. The van der Waals surface area contributed by atoms with Crippen LogP contribution in [-0.2, 0) is 4.74 Å². The van der Waals surface area contributed by atoms with E-state index in [-0.39, 0.29) is 23.0 Å². The summed E-state index contributed by atoms with van der Waals surface area (Å²) < 4.78 is 5.65. The number of nitrogens with zero attached hydrogens (tertiary/aromatic N) is 1. The monoisotopic (exact) mass is 279 g/mol. The summed E-state index contributed by atoms with van der Waals surface area (Å²) in [5.41, 5.74) is 1.06. The normalized spacial score (nSPS) is 23.6. The van der Waals surface area contributed by atoms with Crippen molar-refractivity contribution in [3.63, 3.8) is 0 Å². The number of cyclic esters (lactones) is 1. The molecule has 1 aliphatic rings. The lowest BCUT2D eigenvalue weighted by molar-refractivity contribution is 0.131. The predicted molar refractivity (Wildman–Crippen MR) is 79.2 cm³/mol. The summed E-state index contributed by atoms with van der Waals surface area (Å²) in [7, 11) is 0. The Hall–Kier alpha value is -1.16. The van der Waals surface area contributed by atoms with Gasteiger partial charge in [-0.3, -0.25) is 4.90 Å². The number of carbonyl (C=O) groups is 1. The van der Waals surface area contributed by atoms with Gasteiger partial charge in [-0.05, 0) is 12.5 Å². The van der Waals surface area contributed by atoms with E-state index in [4.69, 9.17) is 4.74 Å². The Kier molecular flexibility index (Phi) is 4.09. The minimum atomic E-state index is -0.210. The van der Waals surface area contributed by atoms with Gasteiger partial charge in [0, 0.05) is 4.75 Å². The predicted octanol–water partition coefficient (Wildman–Crippen LogP) is 4.06. The molecule has 4 heteroatoms. The van der Waals surface area contributed by atoms with E-state index in [2.05, 4.69) is 20.8 Å². The first-order valence-electron chi connectivity index (χ1n) is 6.54. The van der Waals surface area contributed by atoms with Crippen LogP contribution in [-0.4, -0.2) is 27.7 Å². The van der Waals surface area contributed by atoms with E-state index in [9.17, 15) is 4.79 Å². The third kappa shape index (κ3) is 3.44. The lowest BCUT2D eigenvalue weighted by Gasteiger charge is -2.25. The molecular weight excluding hydrogens is 258 g/mol. The Morgan fingerprint density at radius 3 is 2.47 bits per heavy atom. The maximum atomic E-state index is 12.0. The average molecular weight is 279 g/mol. The topological polar surface area (TPSA) is 29.5 Å². The van der Waals surface area contributed by atoms with Gasteiger partial charge < -0.3 is 4.74 Å². The number of rotatable bonds is 3. The van der Waals surface area contributed by atoms with Gasteiger partial charge in [0.1, 0.15) is 6.10 Å². The molecule has 0 radical (unpaired) electrons. The van der Waals surface area contributed by atoms with E-state index >= 15 is 0 Å². The van der Waals surface area contributed by atoms with Crippen LogP contribution in [0.4, 0.5) is 4.79 Å². The van der Waals surface area contributed by atoms with Crippen molar-refractivity contribution in [2.45, 2.75) is 44.6 Å². The van der Waals surface area contributed by atoms with Crippen LogP contribution in [0.5, 0.6) is 0 Å². The first kappa shape index (κ1) is 14.3. The van der Waals surface area contributed by atoms with Crippen molar-refractivity contribution in [2.24, 2.45) is 0 Å². The van der Waals surface area contributed by atoms with Crippen molar-refractivity contribution in [2.75, 3.05) is 5.88 Å². The molecular formula is C15H21NO2S. The van der Waals surface area contributed by atoms with E-state index in [0.717, 1.165) is 5.56 Å². The number of ether oxygens (including phenoxy) is 1. The summed E-state index contributed by atoms with van der Waals surface area (Å²) in [5, 5.41) is 0. The van der Waals surface area contributed by atoms with Crippen LogP contribution >= 0.6 is 11.8 Å². The first-order chi connectivity index (χ1) is 8.88. The van der Waals surface area contributed by atoms with Crippen molar-refractivity contribution in [1.29, 1.82) is 0 Å². The van der Waals surface area contributed by atoms with Crippen molar-refractivity contribution in [3.05, 3.63) is 35.9 Å². The quantitative estimate of drug-likeness (QED) is 0.835. The van der Waals surface area contributed by atoms with Gasteiger partial charge in [-0.15, -0.1) is 11.8 Å². The highest BCUT2D eigenvalue weighted by molar-refractivity contribution is 8.00. The number of hydrogen-bond acceptors (Lipinski definition) is 3. The molecule has 1 fully saturated rings. The van der Waals surface area contributed by atoms with Crippen molar-refractivity contribution < 1.29 is 9.53 Å². The highest BCUT2D eigenvalue weighted by atomic mass is 32.2. The third-order valence-corrected chi connectivity index (χ3v) is 4.43. The van der Waals surface area contributed by atoms with Gasteiger partial charge in [0.2, 0.25) is 0 Å². The van der Waals surface area contributed by atoms with Gasteiger partial charge in [0.05, 0.1) is 11.9 Å². The molecule has 2 rings (SSSR count). The van der Waals surface area contributed by atoms with Crippen molar-refractivity contribution in [3.8, 4) is 0 Å². The fourth-order valence-electron chi connectivity index (χ4n) is 2.03. The lowest BCUT2D eigenvalue weighted by Crippen LogP contribution is -2.33. The van der Waals surface area contributed by atoms with Gasteiger partial charge in [-0.2, -0.15) is 0 Å². The number of hydrogen-bond donors (Lipinski definition) is 0. The molecule has 104 valence electrons. The number of thioether (sulfide) groups is 1. The van der Waals surface area contributed by atoms with E-state index in [1.54, 1.807) is 11.8 Å². The number of amides is 1. The summed E-state index contributed by atoms with van der Waals surface area (Å²) in [6.07, 6.45) is -0.368. The van der Waals surface area contributed by atoms with Crippen LogP contribution in [0.1, 0.15) is 39.4 Å². The Balaban J connectivity index is 2.06. The van der Waals surface area contributed by atoms with E-state index in [1.807, 2.05) is 42.2 Å². The Bertz CT molecular complexity index is 441. The highest BCUT2D eigenvalue weighted by Gasteiger charge is 2.39. The number of carbonyl (C=O) groups excluding carboxylic acids is 1. The number of benzene rings is 1. The second-order valence-electron chi connectivity index (χ2n) is 5.81. The molecule has 0 N–H and O–H groups in total. The van der Waals surface area contributed by atoms with Crippen molar-refractivity contribution >= 4 is 17.9 Å². The molecule has 1 saturated heterocycles. The standard InChI is InChI=1S/C15H21NO2S/c1-11-13(12-8-6-5-7-9-12)18-14(17)16(11)10-19-15(2,3)4/h5-9,11,13H,10H2,1-4H3/t11-,13-/m0/s1. The van der Waals surface area contributed by atoms with Gasteiger partial charge in [0.15, 0.2) is 0 Å². The maximum absolute atomic E-state index is 12.0. The molecule has 0 unspecified atom stereocenters. The molecule has 0 bridgehead atoms. The Morgan fingerprint density at radius 1 is 1.26 bits per heavy atom. The smallest absolute Gasteiger partial charge is 0.411 e. The lowest BCUT2D eigenvalue weighted by atomic mass is 10.0. The first-order valence-corrected chi connectivity index (χ1v) is 7.53. The van der Waals surface area contributed by atoms with Crippen LogP contribution < -0.4 is 0 Å². The maximum Gasteiger partial charge on any atom is 0.411 e. The van der Waals surface area contributed by atoms with Crippen LogP contribution in [0, 0.1) is 0 Å². The molecule has 3 nitrogen and oxygen atoms in total. The molecule has 0 spiro atoms. The zero-order valence-electron chi connectivity index (χ0n) is 11.9. The summed E-state index contributed by atoms with van der Waals surface area (Å²) >= 11 is 1.76. The minimum absolute atomic E-state index is 0.0738. The fraction of sp³-hybridized carbons (Fsp3) is 0.533. The zero-order chi connectivity index (χ0) is 14.0. The third-order valence-electron chi connectivity index (χ3n) is 3.16.